The van der Waals surface area contributed by atoms with E-state index in [0.717, 1.165) is 31.2 Å². The third-order valence-electron chi connectivity index (χ3n) is 6.62. The number of nitrogens with zero attached hydrogens (tertiary/aromatic N) is 2. The Labute approximate surface area is 175 Å². The first kappa shape index (κ1) is 19.0. The van der Waals surface area contributed by atoms with Gasteiger partial charge in [0.05, 0.1) is 31.1 Å². The zero-order valence-electron chi connectivity index (χ0n) is 17.2. The van der Waals surface area contributed by atoms with Crippen LogP contribution in [0.4, 0.5) is 0 Å². The SMILES string of the molecule is C[C@@]1(C(=O)NC2CCCCCC2)Cn2c(cc3occc32)C(=O)N1Cc1ccco1. The van der Waals surface area contributed by atoms with Crippen molar-refractivity contribution in [3.63, 3.8) is 0 Å². The molecule has 7 heteroatoms. The van der Waals surface area contributed by atoms with E-state index in [0.29, 0.717) is 23.6 Å². The molecular formula is C23H27N3O4. The minimum atomic E-state index is -1.04. The summed E-state index contributed by atoms with van der Waals surface area (Å²) in [5, 5.41) is 3.26. The summed E-state index contributed by atoms with van der Waals surface area (Å²) in [6.45, 7) is 2.47. The number of aromatic nitrogens is 1. The molecule has 1 fully saturated rings. The molecule has 1 saturated carbocycles. The molecule has 0 radical (unpaired) electrons. The van der Waals surface area contributed by atoms with Crippen molar-refractivity contribution in [1.29, 1.82) is 0 Å². The number of amides is 2. The molecule has 2 amide bonds. The van der Waals surface area contributed by atoms with Gasteiger partial charge >= 0.3 is 0 Å². The number of hydrogen-bond donors (Lipinski definition) is 1. The van der Waals surface area contributed by atoms with E-state index in [9.17, 15) is 9.59 Å². The summed E-state index contributed by atoms with van der Waals surface area (Å²) in [6.07, 6.45) is 9.89. The smallest absolute Gasteiger partial charge is 0.272 e. The molecule has 7 nitrogen and oxygen atoms in total. The monoisotopic (exact) mass is 409 g/mol. The number of furan rings is 2. The third kappa shape index (κ3) is 3.13. The van der Waals surface area contributed by atoms with Crippen molar-refractivity contribution in [3.05, 3.63) is 48.2 Å². The van der Waals surface area contributed by atoms with Crippen LogP contribution < -0.4 is 5.32 Å². The van der Waals surface area contributed by atoms with Crippen LogP contribution in [0.1, 0.15) is 61.7 Å². The van der Waals surface area contributed by atoms with Crippen LogP contribution in [0, 0.1) is 0 Å². The Kier molecular flexibility index (Phi) is 4.68. The Morgan fingerprint density at radius 3 is 2.70 bits per heavy atom. The molecule has 1 aliphatic carbocycles. The highest BCUT2D eigenvalue weighted by Gasteiger charge is 2.48. The summed E-state index contributed by atoms with van der Waals surface area (Å²) in [4.78, 5) is 28.8. The normalized spacial score (nSPS) is 22.8. The van der Waals surface area contributed by atoms with Gasteiger partial charge in [0, 0.05) is 18.2 Å². The standard InChI is InChI=1S/C23H27N3O4/c1-23(22(28)24-16-7-4-2-3-5-8-16)15-25-18-10-12-30-20(18)13-19(25)21(27)26(23)14-17-9-6-11-29-17/h6,9-13,16H,2-5,7-8,14-15H2,1H3,(H,24,28)/t23-/m0/s1. The third-order valence-corrected chi connectivity index (χ3v) is 6.62. The van der Waals surface area contributed by atoms with Crippen LogP contribution in [0.5, 0.6) is 0 Å². The van der Waals surface area contributed by atoms with Crippen LogP contribution in [0.15, 0.2) is 45.6 Å². The lowest BCUT2D eigenvalue weighted by Gasteiger charge is -2.44. The predicted octanol–water partition coefficient (Wildman–Crippen LogP) is 4.08. The number of carbonyl (C=O) groups excluding carboxylic acids is 2. The van der Waals surface area contributed by atoms with E-state index in [1.807, 2.05) is 23.6 Å². The molecule has 0 unspecified atom stereocenters. The zero-order chi connectivity index (χ0) is 20.7. The Morgan fingerprint density at radius 2 is 1.97 bits per heavy atom. The van der Waals surface area contributed by atoms with Crippen molar-refractivity contribution in [2.45, 2.75) is 70.1 Å². The van der Waals surface area contributed by atoms with Crippen LogP contribution in [0.25, 0.3) is 11.1 Å². The highest BCUT2D eigenvalue weighted by atomic mass is 16.3. The van der Waals surface area contributed by atoms with E-state index in [1.54, 1.807) is 29.6 Å². The molecule has 0 aromatic carbocycles. The molecule has 2 aliphatic rings. The van der Waals surface area contributed by atoms with Gasteiger partial charge in [0.15, 0.2) is 5.58 Å². The minimum absolute atomic E-state index is 0.106. The van der Waals surface area contributed by atoms with Gasteiger partial charge in [0.25, 0.3) is 5.91 Å². The number of hydrogen-bond acceptors (Lipinski definition) is 4. The molecule has 30 heavy (non-hydrogen) atoms. The van der Waals surface area contributed by atoms with Gasteiger partial charge in [-0.25, -0.2) is 0 Å². The molecule has 1 atom stereocenters. The first-order valence-electron chi connectivity index (χ1n) is 10.8. The first-order valence-corrected chi connectivity index (χ1v) is 10.8. The Bertz CT molecular complexity index is 1060. The summed E-state index contributed by atoms with van der Waals surface area (Å²) in [7, 11) is 0. The molecule has 0 saturated heterocycles. The molecule has 1 aliphatic heterocycles. The van der Waals surface area contributed by atoms with Gasteiger partial charge in [0.1, 0.15) is 17.0 Å². The van der Waals surface area contributed by atoms with E-state index in [2.05, 4.69) is 5.32 Å². The molecule has 0 spiro atoms. The number of rotatable bonds is 4. The van der Waals surface area contributed by atoms with Gasteiger partial charge in [-0.3, -0.25) is 9.59 Å². The maximum Gasteiger partial charge on any atom is 0.272 e. The zero-order valence-corrected chi connectivity index (χ0v) is 17.2. The Balaban J connectivity index is 1.51. The summed E-state index contributed by atoms with van der Waals surface area (Å²) in [6, 6.07) is 7.39. The van der Waals surface area contributed by atoms with Gasteiger partial charge < -0.3 is 23.6 Å². The molecule has 4 heterocycles. The predicted molar refractivity (Wildman–Crippen MR) is 111 cm³/mol. The molecule has 0 bridgehead atoms. The maximum absolute atomic E-state index is 13.6. The van der Waals surface area contributed by atoms with Crippen LogP contribution in [0.3, 0.4) is 0 Å². The number of carbonyl (C=O) groups is 2. The summed E-state index contributed by atoms with van der Waals surface area (Å²) >= 11 is 0. The van der Waals surface area contributed by atoms with Gasteiger partial charge in [-0.2, -0.15) is 0 Å². The highest BCUT2D eigenvalue weighted by Crippen LogP contribution is 2.34. The second-order valence-electron chi connectivity index (χ2n) is 8.69. The fourth-order valence-electron chi connectivity index (χ4n) is 4.84. The quantitative estimate of drug-likeness (QED) is 0.659. The Hall–Kier alpha value is -2.96. The fourth-order valence-corrected chi connectivity index (χ4v) is 4.84. The van der Waals surface area contributed by atoms with Gasteiger partial charge in [-0.1, -0.05) is 25.7 Å². The van der Waals surface area contributed by atoms with E-state index >= 15 is 0 Å². The van der Waals surface area contributed by atoms with Crippen molar-refractivity contribution >= 4 is 22.9 Å². The number of nitrogens with one attached hydrogen (secondary N) is 1. The van der Waals surface area contributed by atoms with Crippen molar-refractivity contribution in [3.8, 4) is 0 Å². The summed E-state index contributed by atoms with van der Waals surface area (Å²) in [5.41, 5.74) is 0.997. The average Bonchev–Trinajstić information content (AvgIpc) is 3.42. The molecule has 3 aromatic heterocycles. The fraction of sp³-hybridized carbons (Fsp3) is 0.478. The van der Waals surface area contributed by atoms with E-state index < -0.39 is 5.54 Å². The van der Waals surface area contributed by atoms with Crippen LogP contribution >= 0.6 is 0 Å². The lowest BCUT2D eigenvalue weighted by atomic mass is 9.93. The summed E-state index contributed by atoms with van der Waals surface area (Å²) in [5.74, 6) is 0.355. The number of fused-ring (bicyclic) bond motifs is 3. The average molecular weight is 409 g/mol. The molecular weight excluding hydrogens is 382 g/mol. The maximum atomic E-state index is 13.6. The van der Waals surface area contributed by atoms with E-state index in [4.69, 9.17) is 8.83 Å². The van der Waals surface area contributed by atoms with Crippen molar-refractivity contribution in [1.82, 2.24) is 14.8 Å². The summed E-state index contributed by atoms with van der Waals surface area (Å²) < 4.78 is 12.9. The lowest BCUT2D eigenvalue weighted by molar-refractivity contribution is -0.134. The molecule has 158 valence electrons. The second-order valence-corrected chi connectivity index (χ2v) is 8.69. The van der Waals surface area contributed by atoms with E-state index in [1.165, 1.54) is 12.8 Å². The van der Waals surface area contributed by atoms with Gasteiger partial charge in [-0.05, 0) is 31.9 Å². The Morgan fingerprint density at radius 1 is 1.17 bits per heavy atom. The molecule has 5 rings (SSSR count). The second kappa shape index (κ2) is 7.38. The van der Waals surface area contributed by atoms with Gasteiger partial charge in [-0.15, -0.1) is 0 Å². The molecule has 3 aromatic rings. The lowest BCUT2D eigenvalue weighted by Crippen LogP contribution is -2.64. The van der Waals surface area contributed by atoms with Crippen molar-refractivity contribution in [2.24, 2.45) is 0 Å². The van der Waals surface area contributed by atoms with Crippen molar-refractivity contribution < 1.29 is 18.4 Å². The molecule has 1 N–H and O–H groups in total. The highest BCUT2D eigenvalue weighted by molar-refractivity contribution is 6.02. The van der Waals surface area contributed by atoms with E-state index in [-0.39, 0.29) is 24.4 Å². The minimum Gasteiger partial charge on any atom is -0.467 e. The van der Waals surface area contributed by atoms with Crippen LogP contribution in [0.2, 0.25) is 0 Å². The van der Waals surface area contributed by atoms with Crippen molar-refractivity contribution in [2.75, 3.05) is 0 Å². The largest absolute Gasteiger partial charge is 0.467 e. The first-order chi connectivity index (χ1) is 14.6. The topological polar surface area (TPSA) is 80.6 Å². The van der Waals surface area contributed by atoms with Crippen LogP contribution in [-0.4, -0.2) is 32.9 Å². The van der Waals surface area contributed by atoms with Gasteiger partial charge in [0.2, 0.25) is 5.91 Å². The van der Waals surface area contributed by atoms with Crippen LogP contribution in [-0.2, 0) is 17.9 Å².